The molecule has 0 saturated carbocycles. The van der Waals surface area contributed by atoms with Gasteiger partial charge in [0.2, 0.25) is 5.91 Å². The second-order valence-corrected chi connectivity index (χ2v) is 7.38. The maximum absolute atomic E-state index is 14.9. The van der Waals surface area contributed by atoms with Crippen molar-refractivity contribution in [3.63, 3.8) is 0 Å². The van der Waals surface area contributed by atoms with Gasteiger partial charge in [0, 0.05) is 32.1 Å². The predicted molar refractivity (Wildman–Crippen MR) is 103 cm³/mol. The van der Waals surface area contributed by atoms with Crippen LogP contribution in [-0.2, 0) is 9.53 Å². The van der Waals surface area contributed by atoms with Crippen LogP contribution in [0.15, 0.2) is 24.5 Å². The highest BCUT2D eigenvalue weighted by Gasteiger charge is 2.34. The maximum atomic E-state index is 14.9. The second-order valence-electron chi connectivity index (χ2n) is 7.38. The maximum Gasteiger partial charge on any atom is 0.414 e. The molecule has 0 unspecified atom stereocenters. The average Bonchev–Trinajstić information content (AvgIpc) is 3.36. The first-order chi connectivity index (χ1) is 14.4. The van der Waals surface area contributed by atoms with Gasteiger partial charge >= 0.3 is 6.09 Å². The molecule has 2 aromatic rings. The summed E-state index contributed by atoms with van der Waals surface area (Å²) in [4.78, 5) is 27.6. The van der Waals surface area contributed by atoms with Crippen molar-refractivity contribution < 1.29 is 23.1 Å². The number of amides is 2. The molecule has 3 heterocycles. The van der Waals surface area contributed by atoms with Gasteiger partial charge in [-0.1, -0.05) is 0 Å². The number of anilines is 2. The molecule has 2 aliphatic heterocycles. The minimum absolute atomic E-state index is 0.0831. The van der Waals surface area contributed by atoms with Crippen LogP contribution in [0.2, 0.25) is 0 Å². The normalized spacial score (nSPS) is 19.8. The number of hydrogen-bond acceptors (Lipinski definition) is 6. The van der Waals surface area contributed by atoms with Gasteiger partial charge < -0.3 is 15.0 Å². The molecule has 2 aliphatic rings. The minimum Gasteiger partial charge on any atom is -0.442 e. The minimum atomic E-state index is -0.737. The number of halogens is 2. The van der Waals surface area contributed by atoms with Crippen molar-refractivity contribution in [3.8, 4) is 0 Å². The van der Waals surface area contributed by atoms with E-state index in [0.29, 0.717) is 25.9 Å². The third kappa shape index (κ3) is 4.05. The van der Waals surface area contributed by atoms with Crippen molar-refractivity contribution in [2.45, 2.75) is 31.9 Å². The van der Waals surface area contributed by atoms with Gasteiger partial charge in [-0.15, -0.1) is 0 Å². The van der Waals surface area contributed by atoms with E-state index in [1.54, 1.807) is 22.1 Å². The summed E-state index contributed by atoms with van der Waals surface area (Å²) in [5.41, 5.74) is -0.0207. The van der Waals surface area contributed by atoms with Crippen LogP contribution in [0.5, 0.6) is 0 Å². The first-order valence-corrected chi connectivity index (χ1v) is 9.74. The van der Waals surface area contributed by atoms with Crippen molar-refractivity contribution in [1.82, 2.24) is 20.3 Å². The average molecular weight is 420 g/mol. The lowest BCUT2D eigenvalue weighted by Gasteiger charge is -2.33. The molecule has 30 heavy (non-hydrogen) atoms. The van der Waals surface area contributed by atoms with Crippen LogP contribution in [0.4, 0.5) is 25.0 Å². The number of carbonyl (C=O) groups is 2. The number of hydrogen-bond donors (Lipinski definition) is 1. The Morgan fingerprint density at radius 1 is 1.20 bits per heavy atom. The Morgan fingerprint density at radius 2 is 1.83 bits per heavy atom. The third-order valence-electron chi connectivity index (χ3n) is 5.31. The number of cyclic esters (lactones) is 1. The molecule has 0 aliphatic carbocycles. The number of ether oxygens (including phenoxy) is 1. The largest absolute Gasteiger partial charge is 0.442 e. The van der Waals surface area contributed by atoms with E-state index in [2.05, 4.69) is 15.5 Å². The van der Waals surface area contributed by atoms with Crippen LogP contribution in [0.1, 0.15) is 25.8 Å². The van der Waals surface area contributed by atoms with Crippen molar-refractivity contribution in [2.24, 2.45) is 0 Å². The SMILES string of the molecule is CC(=O)NC[C@H]1CN(c2cc(F)c(N3CCC(n4nccn4)CC3)c(F)c2)C(=O)O1. The quantitative estimate of drug-likeness (QED) is 0.794. The standard InChI is InChI=1S/C19H22F2N6O3/c1-12(28)22-10-15-11-26(19(29)30-15)14-8-16(20)18(17(21)9-14)25-6-2-13(3-7-25)27-23-4-5-24-27/h4-5,8-9,13,15H,2-3,6-7,10-11H2,1H3,(H,22,28)/t15-/m0/s1. The fraction of sp³-hybridized carbons (Fsp3) is 0.474. The molecule has 2 amide bonds. The van der Waals surface area contributed by atoms with Gasteiger partial charge in [0.1, 0.15) is 11.8 Å². The van der Waals surface area contributed by atoms with E-state index in [0.717, 1.165) is 17.0 Å². The highest BCUT2D eigenvalue weighted by atomic mass is 19.1. The van der Waals surface area contributed by atoms with Crippen molar-refractivity contribution >= 4 is 23.4 Å². The van der Waals surface area contributed by atoms with Crippen LogP contribution in [0.3, 0.4) is 0 Å². The molecule has 0 spiro atoms. The zero-order chi connectivity index (χ0) is 21.3. The first-order valence-electron chi connectivity index (χ1n) is 9.74. The molecule has 2 fully saturated rings. The molecule has 4 rings (SSSR count). The Bertz CT molecular complexity index is 907. The van der Waals surface area contributed by atoms with Gasteiger partial charge in [-0.05, 0) is 12.8 Å². The summed E-state index contributed by atoms with van der Waals surface area (Å²) in [5.74, 6) is -1.73. The molecule has 0 bridgehead atoms. The van der Waals surface area contributed by atoms with Crippen molar-refractivity contribution in [1.29, 1.82) is 0 Å². The van der Waals surface area contributed by atoms with Gasteiger partial charge in [0.05, 0.1) is 37.2 Å². The van der Waals surface area contributed by atoms with Gasteiger partial charge in [-0.2, -0.15) is 15.0 Å². The summed E-state index contributed by atoms with van der Waals surface area (Å²) in [6, 6.07) is 2.38. The Kier molecular flexibility index (Phi) is 5.51. The van der Waals surface area contributed by atoms with Crippen LogP contribution < -0.4 is 15.1 Å². The van der Waals surface area contributed by atoms with E-state index >= 15 is 0 Å². The zero-order valence-corrected chi connectivity index (χ0v) is 16.4. The Hall–Kier alpha value is -3.24. The Labute approximate surface area is 171 Å². The Balaban J connectivity index is 1.45. The van der Waals surface area contributed by atoms with Crippen LogP contribution in [0.25, 0.3) is 0 Å². The molecule has 1 N–H and O–H groups in total. The fourth-order valence-corrected chi connectivity index (χ4v) is 3.84. The topological polar surface area (TPSA) is 92.6 Å². The number of nitrogens with one attached hydrogen (secondary N) is 1. The third-order valence-corrected chi connectivity index (χ3v) is 5.31. The second kappa shape index (κ2) is 8.25. The van der Waals surface area contributed by atoms with Crippen LogP contribution >= 0.6 is 0 Å². The van der Waals surface area contributed by atoms with E-state index in [1.165, 1.54) is 6.92 Å². The van der Waals surface area contributed by atoms with E-state index < -0.39 is 23.8 Å². The molecule has 11 heteroatoms. The molecule has 160 valence electrons. The molecule has 9 nitrogen and oxygen atoms in total. The molecule has 0 radical (unpaired) electrons. The summed E-state index contributed by atoms with van der Waals surface area (Å²) < 4.78 is 34.9. The lowest BCUT2D eigenvalue weighted by molar-refractivity contribution is -0.119. The molecule has 2 saturated heterocycles. The van der Waals surface area contributed by atoms with Gasteiger partial charge in [-0.3, -0.25) is 9.69 Å². The van der Waals surface area contributed by atoms with E-state index in [-0.39, 0.29) is 36.4 Å². The summed E-state index contributed by atoms with van der Waals surface area (Å²) in [7, 11) is 0. The summed E-state index contributed by atoms with van der Waals surface area (Å²) in [6.07, 6.45) is 3.26. The molecular weight excluding hydrogens is 398 g/mol. The monoisotopic (exact) mass is 420 g/mol. The number of nitrogens with zero attached hydrogens (tertiary/aromatic N) is 5. The lowest BCUT2D eigenvalue weighted by Crippen LogP contribution is -2.36. The zero-order valence-electron chi connectivity index (χ0n) is 16.4. The molecular formula is C19H22F2N6O3. The van der Waals surface area contributed by atoms with Crippen LogP contribution in [0, 0.1) is 11.6 Å². The number of piperidine rings is 1. The highest BCUT2D eigenvalue weighted by molar-refractivity contribution is 5.90. The first kappa shape index (κ1) is 20.0. The smallest absolute Gasteiger partial charge is 0.414 e. The van der Waals surface area contributed by atoms with E-state index in [1.807, 2.05) is 0 Å². The van der Waals surface area contributed by atoms with Crippen molar-refractivity contribution in [3.05, 3.63) is 36.2 Å². The summed E-state index contributed by atoms with van der Waals surface area (Å²) in [6.45, 7) is 2.51. The summed E-state index contributed by atoms with van der Waals surface area (Å²) >= 11 is 0. The van der Waals surface area contributed by atoms with Gasteiger partial charge in [0.25, 0.3) is 0 Å². The van der Waals surface area contributed by atoms with Crippen molar-refractivity contribution in [2.75, 3.05) is 36.0 Å². The molecule has 1 aromatic carbocycles. The number of aromatic nitrogens is 3. The lowest BCUT2D eigenvalue weighted by atomic mass is 10.0. The number of carbonyl (C=O) groups excluding carboxylic acids is 2. The van der Waals surface area contributed by atoms with E-state index in [4.69, 9.17) is 4.74 Å². The Morgan fingerprint density at radius 3 is 2.43 bits per heavy atom. The van der Waals surface area contributed by atoms with Crippen LogP contribution in [-0.4, -0.2) is 59.3 Å². The number of rotatable bonds is 5. The molecule has 1 aromatic heterocycles. The fourth-order valence-electron chi connectivity index (χ4n) is 3.84. The predicted octanol–water partition coefficient (Wildman–Crippen LogP) is 1.86. The van der Waals surface area contributed by atoms with Gasteiger partial charge in [-0.25, -0.2) is 13.6 Å². The van der Waals surface area contributed by atoms with Gasteiger partial charge in [0.15, 0.2) is 11.6 Å². The highest BCUT2D eigenvalue weighted by Crippen LogP contribution is 2.33. The van der Waals surface area contributed by atoms with E-state index in [9.17, 15) is 18.4 Å². The molecule has 1 atom stereocenters. The number of benzene rings is 1. The summed E-state index contributed by atoms with van der Waals surface area (Å²) in [5, 5.41) is 10.8.